The van der Waals surface area contributed by atoms with E-state index in [-0.39, 0.29) is 17.0 Å². The summed E-state index contributed by atoms with van der Waals surface area (Å²) in [4.78, 5) is 14.5. The van der Waals surface area contributed by atoms with Crippen molar-refractivity contribution in [3.63, 3.8) is 0 Å². The third-order valence-electron chi connectivity index (χ3n) is 6.19. The Morgan fingerprint density at radius 1 is 1.25 bits per heavy atom. The fourth-order valence-electron chi connectivity index (χ4n) is 5.23. The van der Waals surface area contributed by atoms with Crippen molar-refractivity contribution in [2.45, 2.75) is 75.5 Å². The van der Waals surface area contributed by atoms with Crippen LogP contribution in [0.5, 0.6) is 0 Å². The van der Waals surface area contributed by atoms with Crippen molar-refractivity contribution >= 4 is 5.91 Å². The van der Waals surface area contributed by atoms with Gasteiger partial charge in [0.15, 0.2) is 0 Å². The Kier molecular flexibility index (Phi) is 2.79. The molecule has 0 aromatic heterocycles. The summed E-state index contributed by atoms with van der Waals surface area (Å²) in [5.74, 6) is 0.873. The van der Waals surface area contributed by atoms with Gasteiger partial charge < -0.3 is 9.64 Å². The number of ether oxygens (including phenoxy) is 1. The number of carbonyl (C=O) groups excluding carboxylic acids is 1. The van der Waals surface area contributed by atoms with Gasteiger partial charge in [0.05, 0.1) is 12.6 Å². The van der Waals surface area contributed by atoms with Gasteiger partial charge in [-0.1, -0.05) is 37.8 Å². The number of likely N-dealkylation sites (tertiary alicyclic amines) is 1. The molecule has 110 valence electrons. The molecule has 3 heteroatoms. The second-order valence-electron chi connectivity index (χ2n) is 7.35. The molecular formula is C17H25NO2. The van der Waals surface area contributed by atoms with Gasteiger partial charge in [-0.25, -0.2) is 0 Å². The molecule has 0 radical (unpaired) electrons. The van der Waals surface area contributed by atoms with E-state index < -0.39 is 0 Å². The first-order valence-corrected chi connectivity index (χ1v) is 8.29. The number of carbonyl (C=O) groups is 1. The van der Waals surface area contributed by atoms with E-state index in [2.05, 4.69) is 17.1 Å². The Morgan fingerprint density at radius 3 is 2.65 bits per heavy atom. The molecule has 3 heterocycles. The lowest BCUT2D eigenvalue weighted by Gasteiger charge is -2.54. The normalized spacial score (nSPS) is 41.8. The van der Waals surface area contributed by atoms with Gasteiger partial charge >= 0.3 is 0 Å². The summed E-state index contributed by atoms with van der Waals surface area (Å²) in [5, 5.41) is 0. The van der Waals surface area contributed by atoms with E-state index in [9.17, 15) is 4.79 Å². The topological polar surface area (TPSA) is 29.5 Å². The van der Waals surface area contributed by atoms with Crippen LogP contribution in [0.15, 0.2) is 12.2 Å². The lowest BCUT2D eigenvalue weighted by atomic mass is 9.67. The van der Waals surface area contributed by atoms with Crippen LogP contribution in [0.3, 0.4) is 0 Å². The Bertz CT molecular complexity index is 450. The maximum atomic E-state index is 12.3. The minimum absolute atomic E-state index is 0.139. The van der Waals surface area contributed by atoms with Gasteiger partial charge in [-0.15, -0.1) is 0 Å². The highest BCUT2D eigenvalue weighted by Gasteiger charge is 2.59. The molecule has 0 unspecified atom stereocenters. The van der Waals surface area contributed by atoms with Crippen molar-refractivity contribution in [1.82, 2.24) is 4.90 Å². The van der Waals surface area contributed by atoms with Crippen molar-refractivity contribution in [1.29, 1.82) is 0 Å². The monoisotopic (exact) mass is 275 g/mol. The molecule has 1 aliphatic carbocycles. The van der Waals surface area contributed by atoms with Gasteiger partial charge in [0.2, 0.25) is 5.91 Å². The quantitative estimate of drug-likeness (QED) is 0.636. The number of hydrogen-bond acceptors (Lipinski definition) is 2. The van der Waals surface area contributed by atoms with E-state index in [0.29, 0.717) is 12.0 Å². The van der Waals surface area contributed by atoms with Crippen LogP contribution >= 0.6 is 0 Å². The van der Waals surface area contributed by atoms with Crippen LogP contribution in [0.4, 0.5) is 0 Å². The van der Waals surface area contributed by atoms with Crippen LogP contribution in [0.2, 0.25) is 0 Å². The Balaban J connectivity index is 1.68. The third-order valence-corrected chi connectivity index (χ3v) is 6.19. The maximum Gasteiger partial charge on any atom is 0.220 e. The average molecular weight is 275 g/mol. The standard InChI is InChI=1S/C17H25NO2/c1-13(19)18-12-17-9-6-15(20-17)10-14(17)11-16(18)7-4-2-3-5-8-16/h6,9,14-15H,2-5,7-8,10-12H2,1H3/t14-,15+,17-/m1/s1. The van der Waals surface area contributed by atoms with Gasteiger partial charge in [-0.2, -0.15) is 0 Å². The number of nitrogens with zero attached hydrogens (tertiary/aromatic N) is 1. The van der Waals surface area contributed by atoms with E-state index in [4.69, 9.17) is 4.74 Å². The molecule has 4 rings (SSSR count). The van der Waals surface area contributed by atoms with Crippen LogP contribution in [0.25, 0.3) is 0 Å². The molecule has 0 aromatic rings. The smallest absolute Gasteiger partial charge is 0.220 e. The summed E-state index contributed by atoms with van der Waals surface area (Å²) >= 11 is 0. The van der Waals surface area contributed by atoms with Crippen molar-refractivity contribution in [3.8, 4) is 0 Å². The summed E-state index contributed by atoms with van der Waals surface area (Å²) in [6.07, 6.45) is 14.7. The fraction of sp³-hybridized carbons (Fsp3) is 0.824. The molecule has 0 aromatic carbocycles. The molecule has 2 saturated heterocycles. The Morgan fingerprint density at radius 2 is 2.00 bits per heavy atom. The Hall–Kier alpha value is -0.830. The SMILES string of the molecule is CC(=O)N1C[C@]23C=C[C@@H](C[C@@H]2CC12CCCCCC2)O3. The zero-order valence-electron chi connectivity index (χ0n) is 12.4. The third kappa shape index (κ3) is 1.71. The highest BCUT2D eigenvalue weighted by Crippen LogP contribution is 2.54. The second kappa shape index (κ2) is 4.33. The van der Waals surface area contributed by atoms with Gasteiger partial charge in [-0.05, 0) is 31.6 Å². The predicted molar refractivity (Wildman–Crippen MR) is 77.3 cm³/mol. The van der Waals surface area contributed by atoms with Gasteiger partial charge in [0, 0.05) is 12.5 Å². The first-order valence-electron chi connectivity index (χ1n) is 8.29. The number of amides is 1. The summed E-state index contributed by atoms with van der Waals surface area (Å²) in [6, 6.07) is 0. The molecule has 3 fully saturated rings. The number of piperidine rings is 1. The van der Waals surface area contributed by atoms with Crippen LogP contribution in [-0.2, 0) is 9.53 Å². The number of hydrogen-bond donors (Lipinski definition) is 0. The van der Waals surface area contributed by atoms with Gasteiger partial charge in [0.25, 0.3) is 0 Å². The molecule has 2 bridgehead atoms. The molecule has 1 saturated carbocycles. The first kappa shape index (κ1) is 12.9. The average Bonchev–Trinajstić information content (AvgIpc) is 2.88. The molecule has 3 atom stereocenters. The van der Waals surface area contributed by atoms with Gasteiger partial charge in [0.1, 0.15) is 5.60 Å². The molecule has 1 amide bonds. The van der Waals surface area contributed by atoms with Crippen molar-refractivity contribution in [3.05, 3.63) is 12.2 Å². The molecule has 2 spiro atoms. The van der Waals surface area contributed by atoms with Crippen LogP contribution < -0.4 is 0 Å². The fourth-order valence-corrected chi connectivity index (χ4v) is 5.23. The summed E-state index contributed by atoms with van der Waals surface area (Å²) in [7, 11) is 0. The molecule has 3 aliphatic heterocycles. The summed E-state index contributed by atoms with van der Waals surface area (Å²) in [5.41, 5.74) is -0.00613. The number of rotatable bonds is 0. The minimum atomic E-state index is -0.145. The second-order valence-corrected chi connectivity index (χ2v) is 7.35. The van der Waals surface area contributed by atoms with Crippen LogP contribution in [-0.4, -0.2) is 34.6 Å². The lowest BCUT2D eigenvalue weighted by molar-refractivity contribution is -0.151. The van der Waals surface area contributed by atoms with E-state index in [1.165, 1.54) is 44.9 Å². The van der Waals surface area contributed by atoms with E-state index in [0.717, 1.165) is 13.0 Å². The molecule has 4 aliphatic rings. The Labute approximate surface area is 121 Å². The molecule has 20 heavy (non-hydrogen) atoms. The summed E-state index contributed by atoms with van der Waals surface area (Å²) < 4.78 is 6.20. The van der Waals surface area contributed by atoms with Gasteiger partial charge in [-0.3, -0.25) is 4.79 Å². The largest absolute Gasteiger partial charge is 0.361 e. The highest BCUT2D eigenvalue weighted by molar-refractivity contribution is 5.74. The van der Waals surface area contributed by atoms with Crippen molar-refractivity contribution in [2.75, 3.05) is 6.54 Å². The van der Waals surface area contributed by atoms with Crippen LogP contribution in [0, 0.1) is 5.92 Å². The van der Waals surface area contributed by atoms with E-state index >= 15 is 0 Å². The summed E-state index contributed by atoms with van der Waals surface area (Å²) in [6.45, 7) is 2.54. The van der Waals surface area contributed by atoms with E-state index in [1.807, 2.05) is 0 Å². The highest BCUT2D eigenvalue weighted by atomic mass is 16.5. The molecule has 3 nitrogen and oxygen atoms in total. The lowest BCUT2D eigenvalue weighted by Crippen LogP contribution is -2.63. The van der Waals surface area contributed by atoms with Crippen LogP contribution in [0.1, 0.15) is 58.3 Å². The van der Waals surface area contributed by atoms with E-state index in [1.54, 1.807) is 6.92 Å². The maximum absolute atomic E-state index is 12.3. The molecular weight excluding hydrogens is 250 g/mol. The van der Waals surface area contributed by atoms with Crippen molar-refractivity contribution < 1.29 is 9.53 Å². The molecule has 0 N–H and O–H groups in total. The predicted octanol–water partition coefficient (Wildman–Crippen LogP) is 3.05. The van der Waals surface area contributed by atoms with Crippen molar-refractivity contribution in [2.24, 2.45) is 5.92 Å². The number of fused-ring (bicyclic) bond motifs is 1. The zero-order chi connectivity index (χ0) is 13.8. The first-order chi connectivity index (χ1) is 9.64. The zero-order valence-corrected chi connectivity index (χ0v) is 12.4. The minimum Gasteiger partial charge on any atom is -0.361 e.